The molecular formula is C19H24N2. The largest absolute Gasteiger partial charge is 0.369 e. The highest BCUT2D eigenvalue weighted by molar-refractivity contribution is 5.66. The highest BCUT2D eigenvalue weighted by Gasteiger charge is 2.16. The fraction of sp³-hybridized carbons (Fsp3) is 0.368. The first-order valence-electron chi connectivity index (χ1n) is 7.99. The molecule has 0 radical (unpaired) electrons. The van der Waals surface area contributed by atoms with Gasteiger partial charge in [0, 0.05) is 31.9 Å². The third kappa shape index (κ3) is 3.45. The number of piperazine rings is 1. The fourth-order valence-electron chi connectivity index (χ4n) is 3.04. The molecule has 3 rings (SSSR count). The first-order valence-corrected chi connectivity index (χ1v) is 7.99. The van der Waals surface area contributed by atoms with Crippen LogP contribution in [-0.2, 0) is 0 Å². The van der Waals surface area contributed by atoms with E-state index in [-0.39, 0.29) is 0 Å². The van der Waals surface area contributed by atoms with Gasteiger partial charge in [0.25, 0.3) is 0 Å². The fourth-order valence-corrected chi connectivity index (χ4v) is 3.04. The Labute approximate surface area is 128 Å². The van der Waals surface area contributed by atoms with Crippen LogP contribution in [0.4, 0.5) is 5.69 Å². The van der Waals surface area contributed by atoms with Crippen LogP contribution < -0.4 is 4.90 Å². The molecule has 2 heteroatoms. The van der Waals surface area contributed by atoms with Crippen LogP contribution in [0.15, 0.2) is 54.6 Å². The molecule has 1 fully saturated rings. The highest BCUT2D eigenvalue weighted by Crippen LogP contribution is 2.23. The number of anilines is 1. The second-order valence-electron chi connectivity index (χ2n) is 5.74. The average Bonchev–Trinajstić information content (AvgIpc) is 2.57. The predicted molar refractivity (Wildman–Crippen MR) is 90.8 cm³/mol. The first kappa shape index (κ1) is 14.2. The Morgan fingerprint density at radius 1 is 0.762 bits per heavy atom. The third-order valence-corrected chi connectivity index (χ3v) is 4.25. The normalized spacial score (nSPS) is 16.1. The molecule has 0 amide bonds. The van der Waals surface area contributed by atoms with E-state index in [1.807, 2.05) is 0 Å². The Balaban J connectivity index is 1.65. The van der Waals surface area contributed by atoms with Crippen molar-refractivity contribution >= 4 is 5.69 Å². The lowest BCUT2D eigenvalue weighted by Crippen LogP contribution is -2.46. The van der Waals surface area contributed by atoms with Gasteiger partial charge < -0.3 is 4.90 Å². The van der Waals surface area contributed by atoms with Gasteiger partial charge in [-0.25, -0.2) is 0 Å². The molecule has 0 atom stereocenters. The molecule has 21 heavy (non-hydrogen) atoms. The summed E-state index contributed by atoms with van der Waals surface area (Å²) in [4.78, 5) is 5.07. The van der Waals surface area contributed by atoms with Gasteiger partial charge in [0.1, 0.15) is 0 Å². The maximum atomic E-state index is 2.56. The molecule has 0 saturated carbocycles. The standard InChI is InChI=1S/C19H24N2/c1-2-12-20-13-15-21(16-14-20)19-10-8-18(9-11-19)17-6-4-3-5-7-17/h3-11H,2,12-16H2,1H3. The van der Waals surface area contributed by atoms with Gasteiger partial charge in [-0.15, -0.1) is 0 Å². The first-order chi connectivity index (χ1) is 10.4. The number of rotatable bonds is 4. The molecule has 1 aliphatic rings. The Kier molecular flexibility index (Phi) is 4.56. The Morgan fingerprint density at radius 3 is 2.00 bits per heavy atom. The molecule has 0 aromatic heterocycles. The summed E-state index contributed by atoms with van der Waals surface area (Å²) >= 11 is 0. The quantitative estimate of drug-likeness (QED) is 0.838. The summed E-state index contributed by atoms with van der Waals surface area (Å²) in [7, 11) is 0. The zero-order chi connectivity index (χ0) is 14.5. The zero-order valence-corrected chi connectivity index (χ0v) is 12.8. The van der Waals surface area contributed by atoms with Crippen LogP contribution in [0.2, 0.25) is 0 Å². The van der Waals surface area contributed by atoms with Crippen LogP contribution in [0.5, 0.6) is 0 Å². The summed E-state index contributed by atoms with van der Waals surface area (Å²) in [5.41, 5.74) is 3.94. The van der Waals surface area contributed by atoms with Gasteiger partial charge >= 0.3 is 0 Å². The molecule has 110 valence electrons. The minimum atomic E-state index is 1.14. The van der Waals surface area contributed by atoms with Crippen LogP contribution in [0.1, 0.15) is 13.3 Å². The highest BCUT2D eigenvalue weighted by atomic mass is 15.3. The van der Waals surface area contributed by atoms with Gasteiger partial charge in [-0.3, -0.25) is 4.90 Å². The van der Waals surface area contributed by atoms with E-state index in [1.165, 1.54) is 42.9 Å². The summed E-state index contributed by atoms with van der Waals surface area (Å²) in [6, 6.07) is 19.6. The smallest absolute Gasteiger partial charge is 0.0367 e. The van der Waals surface area contributed by atoms with Crippen molar-refractivity contribution in [3.63, 3.8) is 0 Å². The summed E-state index contributed by atoms with van der Waals surface area (Å²) in [6.07, 6.45) is 1.26. The third-order valence-electron chi connectivity index (χ3n) is 4.25. The minimum absolute atomic E-state index is 1.14. The van der Waals surface area contributed by atoms with Crippen LogP contribution in [0.3, 0.4) is 0 Å². The molecule has 2 aromatic carbocycles. The van der Waals surface area contributed by atoms with Crippen LogP contribution >= 0.6 is 0 Å². The van der Waals surface area contributed by atoms with Gasteiger partial charge in [0.2, 0.25) is 0 Å². The summed E-state index contributed by atoms with van der Waals surface area (Å²) in [6.45, 7) is 8.16. The van der Waals surface area contributed by atoms with Crippen LogP contribution in [0.25, 0.3) is 11.1 Å². The van der Waals surface area contributed by atoms with E-state index in [0.717, 1.165) is 13.1 Å². The Bertz CT molecular complexity index is 540. The van der Waals surface area contributed by atoms with Crippen molar-refractivity contribution in [1.29, 1.82) is 0 Å². The van der Waals surface area contributed by atoms with E-state index in [9.17, 15) is 0 Å². The van der Waals surface area contributed by atoms with Crippen molar-refractivity contribution in [2.75, 3.05) is 37.6 Å². The number of nitrogens with zero attached hydrogens (tertiary/aromatic N) is 2. The van der Waals surface area contributed by atoms with E-state index in [2.05, 4.69) is 71.3 Å². The van der Waals surface area contributed by atoms with Gasteiger partial charge in [0.15, 0.2) is 0 Å². The molecule has 0 bridgehead atoms. The summed E-state index contributed by atoms with van der Waals surface area (Å²) in [5, 5.41) is 0. The number of hydrogen-bond donors (Lipinski definition) is 0. The molecule has 1 heterocycles. The molecule has 2 nitrogen and oxygen atoms in total. The van der Waals surface area contributed by atoms with Gasteiger partial charge in [0.05, 0.1) is 0 Å². The van der Waals surface area contributed by atoms with Crippen LogP contribution in [-0.4, -0.2) is 37.6 Å². The molecule has 0 aliphatic carbocycles. The second-order valence-corrected chi connectivity index (χ2v) is 5.74. The Morgan fingerprint density at radius 2 is 1.38 bits per heavy atom. The zero-order valence-electron chi connectivity index (χ0n) is 12.8. The van der Waals surface area contributed by atoms with Gasteiger partial charge in [-0.1, -0.05) is 49.4 Å². The molecule has 0 unspecified atom stereocenters. The van der Waals surface area contributed by atoms with Gasteiger partial charge in [-0.05, 0) is 36.2 Å². The number of benzene rings is 2. The molecular weight excluding hydrogens is 256 g/mol. The molecule has 1 aliphatic heterocycles. The molecule has 0 spiro atoms. The maximum absolute atomic E-state index is 2.56. The van der Waals surface area contributed by atoms with Crippen LogP contribution in [0, 0.1) is 0 Å². The minimum Gasteiger partial charge on any atom is -0.369 e. The lowest BCUT2D eigenvalue weighted by molar-refractivity contribution is 0.258. The summed E-state index contributed by atoms with van der Waals surface area (Å²) < 4.78 is 0. The molecule has 0 N–H and O–H groups in total. The topological polar surface area (TPSA) is 6.48 Å². The molecule has 1 saturated heterocycles. The van der Waals surface area contributed by atoms with E-state index >= 15 is 0 Å². The molecule has 2 aromatic rings. The second kappa shape index (κ2) is 6.77. The van der Waals surface area contributed by atoms with Crippen molar-refractivity contribution < 1.29 is 0 Å². The van der Waals surface area contributed by atoms with Crippen molar-refractivity contribution in [3.05, 3.63) is 54.6 Å². The van der Waals surface area contributed by atoms with Crippen molar-refractivity contribution in [2.24, 2.45) is 0 Å². The van der Waals surface area contributed by atoms with Gasteiger partial charge in [-0.2, -0.15) is 0 Å². The predicted octanol–water partition coefficient (Wildman–Crippen LogP) is 3.89. The van der Waals surface area contributed by atoms with Crippen molar-refractivity contribution in [2.45, 2.75) is 13.3 Å². The monoisotopic (exact) mass is 280 g/mol. The van der Waals surface area contributed by atoms with E-state index in [4.69, 9.17) is 0 Å². The Hall–Kier alpha value is -1.80. The van der Waals surface area contributed by atoms with E-state index in [0.29, 0.717) is 0 Å². The lowest BCUT2D eigenvalue weighted by atomic mass is 10.1. The number of hydrogen-bond acceptors (Lipinski definition) is 2. The summed E-state index contributed by atoms with van der Waals surface area (Å²) in [5.74, 6) is 0. The lowest BCUT2D eigenvalue weighted by Gasteiger charge is -2.36. The van der Waals surface area contributed by atoms with E-state index < -0.39 is 0 Å². The van der Waals surface area contributed by atoms with Crippen molar-refractivity contribution in [1.82, 2.24) is 4.90 Å². The SMILES string of the molecule is CCCN1CCN(c2ccc(-c3ccccc3)cc2)CC1. The van der Waals surface area contributed by atoms with E-state index in [1.54, 1.807) is 0 Å². The average molecular weight is 280 g/mol. The maximum Gasteiger partial charge on any atom is 0.0367 e. The van der Waals surface area contributed by atoms with Crippen molar-refractivity contribution in [3.8, 4) is 11.1 Å².